The molecule has 1 aliphatic rings. The van der Waals surface area contributed by atoms with Crippen LogP contribution in [0.1, 0.15) is 30.0 Å². The molecule has 0 aliphatic carbocycles. The lowest BCUT2D eigenvalue weighted by molar-refractivity contribution is -0.143. The summed E-state index contributed by atoms with van der Waals surface area (Å²) in [6.45, 7) is 1.28. The first-order chi connectivity index (χ1) is 11.6. The van der Waals surface area contributed by atoms with Gasteiger partial charge in [-0.05, 0) is 49.7 Å². The third-order valence-electron chi connectivity index (χ3n) is 4.61. The fourth-order valence-corrected chi connectivity index (χ4v) is 3.78. The molecule has 2 aromatic rings. The molecule has 0 bridgehead atoms. The number of nitrogens with zero attached hydrogens (tertiary/aromatic N) is 1. The van der Waals surface area contributed by atoms with Gasteiger partial charge >= 0.3 is 5.97 Å². The number of carboxylic acids is 1. The van der Waals surface area contributed by atoms with Gasteiger partial charge in [-0.15, -0.1) is 0 Å². The smallest absolute Gasteiger partial charge is 0.306 e. The lowest BCUT2D eigenvalue weighted by Gasteiger charge is -2.37. The third kappa shape index (κ3) is 3.68. The van der Waals surface area contributed by atoms with Gasteiger partial charge in [0.2, 0.25) is 0 Å². The zero-order chi connectivity index (χ0) is 17.1. The highest BCUT2D eigenvalue weighted by atomic mass is 79.9. The maximum atomic E-state index is 14.5. The monoisotopic (exact) mass is 391 g/mol. The van der Waals surface area contributed by atoms with Crippen LogP contribution in [0.15, 0.2) is 53.0 Å². The van der Waals surface area contributed by atoms with Crippen LogP contribution < -0.4 is 0 Å². The van der Waals surface area contributed by atoms with Crippen molar-refractivity contribution in [3.8, 4) is 0 Å². The van der Waals surface area contributed by atoms with E-state index in [-0.39, 0.29) is 17.8 Å². The summed E-state index contributed by atoms with van der Waals surface area (Å²) in [7, 11) is 0. The lowest BCUT2D eigenvalue weighted by atomic mass is 9.91. The number of benzene rings is 2. The Bertz CT molecular complexity index is 729. The van der Waals surface area contributed by atoms with Crippen LogP contribution in [0.25, 0.3) is 0 Å². The van der Waals surface area contributed by atoms with E-state index in [1.807, 2.05) is 36.4 Å². The number of piperidine rings is 1. The summed E-state index contributed by atoms with van der Waals surface area (Å²) in [5.41, 5.74) is 1.63. The van der Waals surface area contributed by atoms with Crippen molar-refractivity contribution in [2.75, 3.05) is 13.1 Å². The zero-order valence-corrected chi connectivity index (χ0v) is 14.7. The quantitative estimate of drug-likeness (QED) is 0.835. The number of carboxylic acid groups (broad SMARTS) is 1. The summed E-state index contributed by atoms with van der Waals surface area (Å²) < 4.78 is 15.4. The molecule has 0 aromatic heterocycles. The van der Waals surface area contributed by atoms with Crippen molar-refractivity contribution < 1.29 is 14.3 Å². The highest BCUT2D eigenvalue weighted by Gasteiger charge is 2.31. The van der Waals surface area contributed by atoms with Gasteiger partial charge < -0.3 is 5.11 Å². The molecule has 3 nitrogen and oxygen atoms in total. The Kier molecular flexibility index (Phi) is 5.31. The molecule has 1 atom stereocenters. The number of likely N-dealkylation sites (tertiary alicyclic amines) is 1. The van der Waals surface area contributed by atoms with Crippen molar-refractivity contribution in [3.63, 3.8) is 0 Å². The molecule has 1 aliphatic heterocycles. The number of carbonyl (C=O) groups is 1. The molecule has 3 rings (SSSR count). The van der Waals surface area contributed by atoms with Crippen molar-refractivity contribution in [1.82, 2.24) is 4.90 Å². The maximum Gasteiger partial charge on any atom is 0.306 e. The minimum Gasteiger partial charge on any atom is -0.481 e. The van der Waals surface area contributed by atoms with Crippen molar-refractivity contribution in [3.05, 3.63) is 69.9 Å². The normalized spacial score (nSPS) is 17.6. The van der Waals surface area contributed by atoms with E-state index in [2.05, 4.69) is 20.8 Å². The summed E-state index contributed by atoms with van der Waals surface area (Å²) in [5, 5.41) is 9.19. The zero-order valence-electron chi connectivity index (χ0n) is 13.2. The average molecular weight is 392 g/mol. The average Bonchev–Trinajstić information content (AvgIpc) is 2.57. The van der Waals surface area contributed by atoms with Gasteiger partial charge in [0.05, 0.1) is 12.0 Å². The van der Waals surface area contributed by atoms with Gasteiger partial charge in [-0.25, -0.2) is 4.39 Å². The second kappa shape index (κ2) is 7.45. The first-order valence-electron chi connectivity index (χ1n) is 8.03. The molecule has 0 saturated carbocycles. The second-order valence-electron chi connectivity index (χ2n) is 6.13. The van der Waals surface area contributed by atoms with E-state index in [4.69, 9.17) is 0 Å². The first-order valence-corrected chi connectivity index (χ1v) is 8.82. The van der Waals surface area contributed by atoms with E-state index in [0.717, 1.165) is 10.0 Å². The lowest BCUT2D eigenvalue weighted by Crippen LogP contribution is -2.39. The van der Waals surface area contributed by atoms with Crippen molar-refractivity contribution in [2.45, 2.75) is 18.9 Å². The minimum atomic E-state index is -0.737. The van der Waals surface area contributed by atoms with E-state index in [9.17, 15) is 14.3 Å². The fourth-order valence-electron chi connectivity index (χ4n) is 3.37. The molecule has 1 N–H and O–H groups in total. The van der Waals surface area contributed by atoms with Gasteiger partial charge in [-0.3, -0.25) is 9.69 Å². The van der Waals surface area contributed by atoms with Crippen LogP contribution in [0.2, 0.25) is 0 Å². The molecular formula is C19H19BrFNO2. The van der Waals surface area contributed by atoms with Gasteiger partial charge in [0.1, 0.15) is 5.82 Å². The van der Waals surface area contributed by atoms with E-state index in [1.54, 1.807) is 6.07 Å². The third-order valence-corrected chi connectivity index (χ3v) is 5.10. The van der Waals surface area contributed by atoms with Gasteiger partial charge in [0.15, 0.2) is 0 Å². The van der Waals surface area contributed by atoms with E-state index in [1.165, 1.54) is 6.07 Å². The van der Waals surface area contributed by atoms with Crippen LogP contribution in [-0.2, 0) is 4.79 Å². The Morgan fingerprint density at radius 3 is 2.50 bits per heavy atom. The van der Waals surface area contributed by atoms with Gasteiger partial charge in [-0.2, -0.15) is 0 Å². The molecule has 126 valence electrons. The van der Waals surface area contributed by atoms with Crippen molar-refractivity contribution in [2.24, 2.45) is 5.92 Å². The molecule has 2 aromatic carbocycles. The summed E-state index contributed by atoms with van der Waals surface area (Å²) in [4.78, 5) is 13.4. The molecule has 1 heterocycles. The predicted molar refractivity (Wildman–Crippen MR) is 94.3 cm³/mol. The molecule has 1 saturated heterocycles. The maximum absolute atomic E-state index is 14.5. The SMILES string of the molecule is O=C(O)C1CCN(C(c2cccc(Br)c2)c2ccccc2F)CC1. The number of hydrogen-bond acceptors (Lipinski definition) is 2. The van der Waals surface area contributed by atoms with Crippen LogP contribution in [0.5, 0.6) is 0 Å². The summed E-state index contributed by atoms with van der Waals surface area (Å²) in [6.07, 6.45) is 1.18. The second-order valence-corrected chi connectivity index (χ2v) is 7.04. The van der Waals surface area contributed by atoms with E-state index < -0.39 is 5.97 Å². The largest absolute Gasteiger partial charge is 0.481 e. The van der Waals surface area contributed by atoms with Crippen LogP contribution in [0.4, 0.5) is 4.39 Å². The number of hydrogen-bond donors (Lipinski definition) is 1. The summed E-state index contributed by atoms with van der Waals surface area (Å²) in [6, 6.07) is 14.5. The Hall–Kier alpha value is -1.72. The molecule has 0 radical (unpaired) electrons. The summed E-state index contributed by atoms with van der Waals surface area (Å²) in [5.74, 6) is -1.27. The van der Waals surface area contributed by atoms with E-state index in [0.29, 0.717) is 31.5 Å². The molecule has 1 fully saturated rings. The van der Waals surface area contributed by atoms with Gasteiger partial charge in [0, 0.05) is 10.0 Å². The number of rotatable bonds is 4. The Labute approximate surface area is 149 Å². The Balaban J connectivity index is 1.95. The van der Waals surface area contributed by atoms with Crippen LogP contribution in [-0.4, -0.2) is 29.1 Å². The molecule has 0 spiro atoms. The molecule has 5 heteroatoms. The molecular weight excluding hydrogens is 373 g/mol. The van der Waals surface area contributed by atoms with Crippen molar-refractivity contribution in [1.29, 1.82) is 0 Å². The molecule has 1 unspecified atom stereocenters. The van der Waals surface area contributed by atoms with Crippen LogP contribution in [0, 0.1) is 11.7 Å². The van der Waals surface area contributed by atoms with E-state index >= 15 is 0 Å². The van der Waals surface area contributed by atoms with Crippen LogP contribution in [0.3, 0.4) is 0 Å². The topological polar surface area (TPSA) is 40.5 Å². The van der Waals surface area contributed by atoms with Gasteiger partial charge in [0.25, 0.3) is 0 Å². The number of aliphatic carboxylic acids is 1. The Morgan fingerprint density at radius 2 is 1.88 bits per heavy atom. The standard InChI is InChI=1S/C19H19BrFNO2/c20-15-5-3-4-14(12-15)18(16-6-1-2-7-17(16)21)22-10-8-13(9-11-22)19(23)24/h1-7,12-13,18H,8-11H2,(H,23,24). The number of halogens is 2. The Morgan fingerprint density at radius 1 is 1.17 bits per heavy atom. The fraction of sp³-hybridized carbons (Fsp3) is 0.316. The highest BCUT2D eigenvalue weighted by Crippen LogP contribution is 2.34. The highest BCUT2D eigenvalue weighted by molar-refractivity contribution is 9.10. The minimum absolute atomic E-state index is 0.210. The predicted octanol–water partition coefficient (Wildman–Crippen LogP) is 4.47. The van der Waals surface area contributed by atoms with Crippen molar-refractivity contribution >= 4 is 21.9 Å². The molecule has 0 amide bonds. The van der Waals surface area contributed by atoms with Gasteiger partial charge in [-0.1, -0.05) is 46.3 Å². The van der Waals surface area contributed by atoms with Crippen LogP contribution >= 0.6 is 15.9 Å². The first kappa shape index (κ1) is 17.1. The summed E-state index contributed by atoms with van der Waals surface area (Å²) >= 11 is 3.48. The molecule has 24 heavy (non-hydrogen) atoms.